The molecule has 0 spiro atoms. The molecular weight excluding hydrogens is 616 g/mol. The number of hydrogen-bond donors (Lipinski definition) is 0. The molecule has 0 saturated heterocycles. The number of halogens is 3. The van der Waals surface area contributed by atoms with Gasteiger partial charge in [-0.2, -0.15) is 0 Å². The molecule has 0 N–H and O–H groups in total. The van der Waals surface area contributed by atoms with Crippen molar-refractivity contribution in [3.8, 4) is 0 Å². The minimum absolute atomic E-state index is 0. The van der Waals surface area contributed by atoms with Gasteiger partial charge in [0.05, 0.1) is 34.2 Å². The van der Waals surface area contributed by atoms with Gasteiger partial charge in [-0.1, -0.05) is 91.8 Å². The van der Waals surface area contributed by atoms with Gasteiger partial charge in [-0.25, -0.2) is 4.98 Å². The normalized spacial score (nSPS) is 11.7. The van der Waals surface area contributed by atoms with Crippen molar-refractivity contribution in [3.05, 3.63) is 87.7 Å². The molecular formula is C34H45Cl3CoN3. The first-order chi connectivity index (χ1) is 17.4. The van der Waals surface area contributed by atoms with Crippen LogP contribution in [0.15, 0.2) is 58.5 Å². The van der Waals surface area contributed by atoms with Crippen LogP contribution in [0.4, 0.5) is 11.4 Å². The fourth-order valence-corrected chi connectivity index (χ4v) is 4.77. The standard InChI is InChI=1S/C34H45N3.3ClH.Co/c1-20(2)27-14-12-15-28(21(3)4)33(27)35-25(10)31-18-24(9)19-32(37-31)26(11)36-34-29(22(5)6)16-13-17-30(34)23(7)8;;;;/h12-23H,1-11H3;3*1H;/q;;;;+3/p-3. The van der Waals surface area contributed by atoms with Gasteiger partial charge in [-0.3, -0.25) is 9.98 Å². The van der Waals surface area contributed by atoms with E-state index in [4.69, 9.17) is 15.0 Å². The minimum Gasteiger partial charge on any atom is -1.00 e. The zero-order valence-corrected chi connectivity index (χ0v) is 29.5. The maximum atomic E-state index is 5.19. The predicted octanol–water partition coefficient (Wildman–Crippen LogP) is 1.17. The van der Waals surface area contributed by atoms with Gasteiger partial charge < -0.3 is 37.2 Å². The Hall–Kier alpha value is -1.69. The number of aliphatic imine (C=N–C) groups is 2. The van der Waals surface area contributed by atoms with E-state index in [1.165, 1.54) is 22.3 Å². The van der Waals surface area contributed by atoms with Gasteiger partial charge >= 0.3 is 16.8 Å². The SMILES string of the molecule is CC(=Nc1c(C(C)C)cccc1C(C)C)c1cc(C)cc(C(C)=Nc2c(C(C)C)cccc2C(C)C)n1.[Cl-].[Cl-].[Cl-].[Co+3]. The molecule has 41 heavy (non-hydrogen) atoms. The van der Waals surface area contributed by atoms with Crippen molar-refractivity contribution in [1.29, 1.82) is 0 Å². The summed E-state index contributed by atoms with van der Waals surface area (Å²) in [7, 11) is 0. The molecule has 0 fully saturated rings. The van der Waals surface area contributed by atoms with Gasteiger partial charge in [-0.05, 0) is 84.4 Å². The number of benzene rings is 2. The summed E-state index contributed by atoms with van der Waals surface area (Å²) in [6.45, 7) is 24.1. The van der Waals surface area contributed by atoms with Crippen molar-refractivity contribution in [2.24, 2.45) is 9.98 Å². The van der Waals surface area contributed by atoms with Gasteiger partial charge in [-0.15, -0.1) is 0 Å². The Morgan fingerprint density at radius 3 is 1.07 bits per heavy atom. The molecule has 0 atom stereocenters. The van der Waals surface area contributed by atoms with E-state index in [-0.39, 0.29) is 54.0 Å². The quantitative estimate of drug-likeness (QED) is 0.335. The van der Waals surface area contributed by atoms with Crippen molar-refractivity contribution in [3.63, 3.8) is 0 Å². The molecule has 0 saturated carbocycles. The van der Waals surface area contributed by atoms with E-state index in [9.17, 15) is 0 Å². The maximum absolute atomic E-state index is 5.19. The average Bonchev–Trinajstić information content (AvgIpc) is 2.83. The van der Waals surface area contributed by atoms with Crippen LogP contribution < -0.4 is 37.2 Å². The van der Waals surface area contributed by atoms with Crippen LogP contribution in [-0.2, 0) is 16.8 Å². The summed E-state index contributed by atoms with van der Waals surface area (Å²) in [5.41, 5.74) is 12.1. The van der Waals surface area contributed by atoms with Crippen LogP contribution in [0, 0.1) is 6.92 Å². The number of pyridine rings is 1. The molecule has 0 bridgehead atoms. The van der Waals surface area contributed by atoms with Crippen LogP contribution >= 0.6 is 0 Å². The monoisotopic (exact) mass is 659 g/mol. The molecule has 0 aliphatic carbocycles. The molecule has 0 aliphatic rings. The summed E-state index contributed by atoms with van der Waals surface area (Å²) in [4.78, 5) is 15.4. The zero-order valence-electron chi connectivity index (χ0n) is 26.2. The first kappa shape index (κ1) is 41.4. The fourth-order valence-electron chi connectivity index (χ4n) is 4.77. The van der Waals surface area contributed by atoms with E-state index in [2.05, 4.69) is 125 Å². The van der Waals surface area contributed by atoms with Gasteiger partial charge in [0.2, 0.25) is 0 Å². The molecule has 3 aromatic rings. The smallest absolute Gasteiger partial charge is 1.00 e. The van der Waals surface area contributed by atoms with Crippen LogP contribution in [0.2, 0.25) is 0 Å². The molecule has 0 unspecified atom stereocenters. The van der Waals surface area contributed by atoms with Gasteiger partial charge in [0.1, 0.15) is 0 Å². The number of hydrogen-bond acceptors (Lipinski definition) is 3. The van der Waals surface area contributed by atoms with E-state index in [1.807, 2.05) is 0 Å². The molecule has 7 heteroatoms. The van der Waals surface area contributed by atoms with E-state index in [1.54, 1.807) is 0 Å². The molecule has 0 aliphatic heterocycles. The topological polar surface area (TPSA) is 37.6 Å². The van der Waals surface area contributed by atoms with E-state index >= 15 is 0 Å². The first-order valence-corrected chi connectivity index (χ1v) is 13.8. The Bertz CT molecular complexity index is 1180. The number of rotatable bonds is 8. The molecule has 3 rings (SSSR count). The van der Waals surface area contributed by atoms with Crippen molar-refractivity contribution in [2.75, 3.05) is 0 Å². The molecule has 2 aromatic carbocycles. The second-order valence-corrected chi connectivity index (χ2v) is 11.5. The minimum atomic E-state index is 0. The summed E-state index contributed by atoms with van der Waals surface area (Å²) in [5.74, 6) is 1.60. The van der Waals surface area contributed by atoms with E-state index < -0.39 is 0 Å². The Labute approximate surface area is 278 Å². The Kier molecular flexibility index (Phi) is 18.3. The predicted molar refractivity (Wildman–Crippen MR) is 162 cm³/mol. The Balaban J connectivity index is 0. The third-order valence-electron chi connectivity index (χ3n) is 6.95. The van der Waals surface area contributed by atoms with Crippen molar-refractivity contribution in [2.45, 2.75) is 99.8 Å². The summed E-state index contributed by atoms with van der Waals surface area (Å²) in [6, 6.07) is 17.4. The van der Waals surface area contributed by atoms with Gasteiger partial charge in [0.15, 0.2) is 0 Å². The van der Waals surface area contributed by atoms with Crippen LogP contribution in [-0.4, -0.2) is 16.4 Å². The summed E-state index contributed by atoms with van der Waals surface area (Å²) >= 11 is 0. The van der Waals surface area contributed by atoms with E-state index in [0.29, 0.717) is 23.7 Å². The van der Waals surface area contributed by atoms with Crippen LogP contribution in [0.5, 0.6) is 0 Å². The van der Waals surface area contributed by atoms with Gasteiger partial charge in [0.25, 0.3) is 0 Å². The summed E-state index contributed by atoms with van der Waals surface area (Å²) in [5, 5.41) is 0. The third kappa shape index (κ3) is 10.2. The average molecular weight is 661 g/mol. The number of aryl methyl sites for hydroxylation is 1. The third-order valence-corrected chi connectivity index (χ3v) is 6.95. The molecule has 1 heterocycles. The maximum Gasteiger partial charge on any atom is 3.00 e. The number of nitrogens with zero attached hydrogens (tertiary/aromatic N) is 3. The number of aromatic nitrogens is 1. The molecule has 1 aromatic heterocycles. The summed E-state index contributed by atoms with van der Waals surface area (Å²) in [6.07, 6.45) is 0. The first-order valence-electron chi connectivity index (χ1n) is 13.8. The van der Waals surface area contributed by atoms with Crippen molar-refractivity contribution < 1.29 is 54.0 Å². The van der Waals surface area contributed by atoms with Crippen LogP contribution in [0.3, 0.4) is 0 Å². The molecule has 0 amide bonds. The number of para-hydroxylation sites is 2. The second-order valence-electron chi connectivity index (χ2n) is 11.5. The van der Waals surface area contributed by atoms with Crippen molar-refractivity contribution in [1.82, 2.24) is 4.98 Å². The molecule has 0 radical (unpaired) electrons. The van der Waals surface area contributed by atoms with E-state index in [0.717, 1.165) is 39.7 Å². The fraction of sp³-hybridized carbons (Fsp3) is 0.441. The van der Waals surface area contributed by atoms with Gasteiger partial charge in [0, 0.05) is 0 Å². The molecule has 3 nitrogen and oxygen atoms in total. The van der Waals surface area contributed by atoms with Crippen LogP contribution in [0.1, 0.15) is 132 Å². The largest absolute Gasteiger partial charge is 3.00 e. The second kappa shape index (κ2) is 18.1. The summed E-state index contributed by atoms with van der Waals surface area (Å²) < 4.78 is 0. The Morgan fingerprint density at radius 2 is 0.829 bits per heavy atom. The van der Waals surface area contributed by atoms with Crippen LogP contribution in [0.25, 0.3) is 0 Å². The zero-order chi connectivity index (χ0) is 27.4. The Morgan fingerprint density at radius 1 is 0.561 bits per heavy atom. The van der Waals surface area contributed by atoms with Crippen molar-refractivity contribution >= 4 is 22.8 Å². The molecule has 226 valence electrons.